The molecular weight excluding hydrogens is 721 g/mol. The van der Waals surface area contributed by atoms with Gasteiger partial charge in [0.2, 0.25) is 0 Å². The van der Waals surface area contributed by atoms with Gasteiger partial charge >= 0.3 is 0 Å². The van der Waals surface area contributed by atoms with Crippen molar-refractivity contribution in [1.29, 1.82) is 0 Å². The van der Waals surface area contributed by atoms with E-state index in [9.17, 15) is 0 Å². The van der Waals surface area contributed by atoms with Gasteiger partial charge in [-0.25, -0.2) is 4.98 Å². The molecule has 1 N–H and O–H groups in total. The molecule has 6 rings (SSSR count). The van der Waals surface area contributed by atoms with Crippen molar-refractivity contribution in [3.05, 3.63) is 180 Å². The normalized spacial score (nSPS) is 15.7. The molecule has 0 aliphatic heterocycles. The second-order valence-corrected chi connectivity index (χ2v) is 18.9. The Bertz CT molecular complexity index is 2410. The Morgan fingerprint density at radius 3 is 2.24 bits per heavy atom. The van der Waals surface area contributed by atoms with Crippen molar-refractivity contribution in [3.63, 3.8) is 0 Å². The third kappa shape index (κ3) is 11.1. The van der Waals surface area contributed by atoms with Crippen molar-refractivity contribution < 1.29 is 9.30 Å². The molecule has 5 heteroatoms. The molecule has 1 unspecified atom stereocenters. The number of aromatic nitrogens is 3. The van der Waals surface area contributed by atoms with Crippen LogP contribution in [0.5, 0.6) is 5.75 Å². The van der Waals surface area contributed by atoms with Crippen LogP contribution in [0.2, 0.25) is 0 Å². The number of pyridine rings is 1. The third-order valence-electron chi connectivity index (χ3n) is 10.9. The van der Waals surface area contributed by atoms with Gasteiger partial charge in [-0.15, -0.1) is 0 Å². The van der Waals surface area contributed by atoms with Crippen LogP contribution in [-0.4, -0.2) is 9.55 Å². The Morgan fingerprint density at radius 1 is 0.831 bits per heavy atom. The van der Waals surface area contributed by atoms with Crippen molar-refractivity contribution in [2.45, 2.75) is 112 Å². The first-order valence-corrected chi connectivity index (χ1v) is 21.2. The first kappa shape index (κ1) is 42.9. The lowest BCUT2D eigenvalue weighted by atomic mass is 9.80. The molecule has 5 aromatic rings. The lowest BCUT2D eigenvalue weighted by molar-refractivity contribution is -0.567. The van der Waals surface area contributed by atoms with E-state index in [4.69, 9.17) is 4.74 Å². The minimum atomic E-state index is 0.0112. The number of anilines is 1. The highest BCUT2D eigenvalue weighted by Gasteiger charge is 2.25. The molecule has 0 radical (unpaired) electrons. The molecule has 59 heavy (non-hydrogen) atoms. The van der Waals surface area contributed by atoms with E-state index in [-0.39, 0.29) is 16.2 Å². The zero-order chi connectivity index (χ0) is 42.4. The van der Waals surface area contributed by atoms with Crippen molar-refractivity contribution in [3.8, 4) is 17.1 Å². The highest BCUT2D eigenvalue weighted by atomic mass is 16.5. The number of allylic oxidation sites excluding steroid dienone is 11. The maximum atomic E-state index is 6.77. The largest absolute Gasteiger partial charge is 0.457 e. The average molecular weight is 786 g/mol. The van der Waals surface area contributed by atoms with E-state index >= 15 is 0 Å². The van der Waals surface area contributed by atoms with E-state index in [1.54, 1.807) is 0 Å². The first-order chi connectivity index (χ1) is 28.0. The van der Waals surface area contributed by atoms with Crippen LogP contribution in [0.1, 0.15) is 112 Å². The predicted octanol–water partition coefficient (Wildman–Crippen LogP) is 13.9. The van der Waals surface area contributed by atoms with Crippen molar-refractivity contribution >= 4 is 16.9 Å². The second-order valence-electron chi connectivity index (χ2n) is 18.9. The molecule has 0 bridgehead atoms. The fourth-order valence-electron chi connectivity index (χ4n) is 7.32. The second kappa shape index (κ2) is 18.1. The van der Waals surface area contributed by atoms with Gasteiger partial charge in [-0.1, -0.05) is 129 Å². The topological polar surface area (TPSA) is 43.0 Å². The summed E-state index contributed by atoms with van der Waals surface area (Å²) in [6.45, 7) is 24.6. The standard InChI is InChI=1S/C54H65N4O/c1-12-40(41-23-16-13-17-24-41)22-15-14-18-26-47(32-39(2)56-51-36-42(30-31-55-51)52(3,4)5)59-48-27-21-25-45(37-48)57-38-58(50-29-20-19-28-49(50)57)46-34-43(53(6,7)8)33-44(35-46)54(9,10)11/h12-13,15-17,19-23,25-38,41H,14,18,24H2,1-11H3,(H,55,56)/q+1/b22-15-,39-32+,40-12+,47-26+. The number of unbranched alkanes of at least 4 members (excludes halogenated alkanes) is 1. The Kier molecular flexibility index (Phi) is 13.1. The third-order valence-corrected chi connectivity index (χ3v) is 10.9. The molecule has 0 saturated heterocycles. The number of nitrogens with zero attached hydrogens (tertiary/aromatic N) is 3. The van der Waals surface area contributed by atoms with Crippen molar-refractivity contribution in [2.75, 3.05) is 5.32 Å². The molecule has 306 valence electrons. The van der Waals surface area contributed by atoms with Gasteiger partial charge in [0.05, 0.1) is 0 Å². The number of benzene rings is 3. The van der Waals surface area contributed by atoms with E-state index in [1.807, 2.05) is 12.3 Å². The number of imidazole rings is 1. The Labute approximate surface area is 354 Å². The van der Waals surface area contributed by atoms with Gasteiger partial charge in [0, 0.05) is 23.9 Å². The van der Waals surface area contributed by atoms with Crippen LogP contribution in [-0.2, 0) is 16.2 Å². The molecule has 0 fully saturated rings. The summed E-state index contributed by atoms with van der Waals surface area (Å²) in [6.07, 6.45) is 26.7. The van der Waals surface area contributed by atoms with Crippen LogP contribution >= 0.6 is 0 Å². The van der Waals surface area contributed by atoms with Crippen molar-refractivity contribution in [2.24, 2.45) is 5.92 Å². The zero-order valence-corrected chi connectivity index (χ0v) is 37.3. The monoisotopic (exact) mass is 786 g/mol. The fourth-order valence-corrected chi connectivity index (χ4v) is 7.32. The summed E-state index contributed by atoms with van der Waals surface area (Å²) >= 11 is 0. The maximum Gasteiger partial charge on any atom is 0.255 e. The lowest BCUT2D eigenvalue weighted by Gasteiger charge is -2.25. The number of para-hydroxylation sites is 2. The molecule has 0 saturated carbocycles. The highest BCUT2D eigenvalue weighted by Crippen LogP contribution is 2.33. The molecule has 1 atom stereocenters. The highest BCUT2D eigenvalue weighted by molar-refractivity contribution is 5.75. The first-order valence-electron chi connectivity index (χ1n) is 21.2. The lowest BCUT2D eigenvalue weighted by Crippen LogP contribution is -2.28. The number of fused-ring (bicyclic) bond motifs is 1. The molecule has 5 nitrogen and oxygen atoms in total. The van der Waals surface area contributed by atoms with Gasteiger partial charge in [-0.3, -0.25) is 0 Å². The average Bonchev–Trinajstić information content (AvgIpc) is 3.58. The van der Waals surface area contributed by atoms with Gasteiger partial charge in [-0.2, -0.15) is 9.13 Å². The van der Waals surface area contributed by atoms with Gasteiger partial charge in [-0.05, 0) is 132 Å². The van der Waals surface area contributed by atoms with Crippen LogP contribution in [0.25, 0.3) is 22.4 Å². The fraction of sp³-hybridized carbons (Fsp3) is 0.333. The number of nitrogens with one attached hydrogen (secondary N) is 1. The smallest absolute Gasteiger partial charge is 0.255 e. The van der Waals surface area contributed by atoms with E-state index in [0.717, 1.165) is 64.7 Å². The summed E-state index contributed by atoms with van der Waals surface area (Å²) in [6, 6.07) is 28.3. The quantitative estimate of drug-likeness (QED) is 0.0593. The minimum absolute atomic E-state index is 0.0112. The number of hydrogen-bond acceptors (Lipinski definition) is 3. The predicted molar refractivity (Wildman–Crippen MR) is 250 cm³/mol. The summed E-state index contributed by atoms with van der Waals surface area (Å²) in [5.41, 5.74) is 10.7. The Balaban J connectivity index is 1.32. The van der Waals surface area contributed by atoms with Crippen LogP contribution in [0, 0.1) is 5.92 Å². The van der Waals surface area contributed by atoms with Gasteiger partial charge in [0.1, 0.15) is 28.7 Å². The number of rotatable bonds is 12. The summed E-state index contributed by atoms with van der Waals surface area (Å²) in [4.78, 5) is 4.62. The van der Waals surface area contributed by atoms with Gasteiger partial charge in [0.25, 0.3) is 6.33 Å². The summed E-state index contributed by atoms with van der Waals surface area (Å²) < 4.78 is 11.4. The molecule has 2 heterocycles. The molecule has 1 aliphatic carbocycles. The zero-order valence-electron chi connectivity index (χ0n) is 37.3. The van der Waals surface area contributed by atoms with E-state index in [2.05, 4.69) is 229 Å². The molecule has 3 aromatic carbocycles. The molecule has 2 aromatic heterocycles. The van der Waals surface area contributed by atoms with Crippen molar-refractivity contribution in [1.82, 2.24) is 9.55 Å². The van der Waals surface area contributed by atoms with Crippen LogP contribution in [0.15, 0.2) is 163 Å². The van der Waals surface area contributed by atoms with Crippen LogP contribution in [0.4, 0.5) is 5.82 Å². The van der Waals surface area contributed by atoms with E-state index in [0.29, 0.717) is 5.92 Å². The Morgan fingerprint density at radius 2 is 1.56 bits per heavy atom. The summed E-state index contributed by atoms with van der Waals surface area (Å²) in [5, 5.41) is 3.52. The van der Waals surface area contributed by atoms with Gasteiger partial charge < -0.3 is 10.1 Å². The number of hydrogen-bond donors (Lipinski definition) is 1. The van der Waals surface area contributed by atoms with Gasteiger partial charge in [0.15, 0.2) is 11.0 Å². The SMILES string of the molecule is C/C=C(\C=C/CC/C=C(\C=C(/C)Nc1cc(C(C)(C)C)ccn1)Oc1cccc(-[n+]2cn(-c3cc(C(C)(C)C)cc(C(C)(C)C)c3)c3ccccc32)c1)C1C=CC=CC1. The summed E-state index contributed by atoms with van der Waals surface area (Å²) in [7, 11) is 0. The minimum Gasteiger partial charge on any atom is -0.457 e. The summed E-state index contributed by atoms with van der Waals surface area (Å²) in [5.74, 6) is 2.80. The van der Waals surface area contributed by atoms with Crippen LogP contribution < -0.4 is 14.6 Å². The molecule has 1 aliphatic rings. The van der Waals surface area contributed by atoms with E-state index < -0.39 is 0 Å². The molecule has 0 spiro atoms. The van der Waals surface area contributed by atoms with Crippen LogP contribution in [0.3, 0.4) is 0 Å². The number of ether oxygens (including phenoxy) is 1. The van der Waals surface area contributed by atoms with E-state index in [1.165, 1.54) is 22.3 Å². The maximum absolute atomic E-state index is 6.77. The molecular formula is C54H65N4O+. The Hall–Kier alpha value is -5.68. The molecule has 0 amide bonds.